The van der Waals surface area contributed by atoms with Gasteiger partial charge < -0.3 is 14.4 Å². The molecule has 1 N–H and O–H groups in total. The molecular formula is C28H29N2NaO4. The summed E-state index contributed by atoms with van der Waals surface area (Å²) in [6.07, 6.45) is 1.40. The number of aryl methyl sites for hydroxylation is 1. The van der Waals surface area contributed by atoms with Crippen LogP contribution in [0, 0.1) is 0 Å². The number of aromatic carboxylic acids is 1. The van der Waals surface area contributed by atoms with Crippen LogP contribution in [-0.2, 0) is 19.6 Å². The van der Waals surface area contributed by atoms with Crippen molar-refractivity contribution in [3.8, 4) is 5.75 Å². The van der Waals surface area contributed by atoms with E-state index < -0.39 is 11.4 Å². The number of ether oxygens (including phenoxy) is 1. The van der Waals surface area contributed by atoms with E-state index in [9.17, 15) is 14.7 Å². The molecule has 6 nitrogen and oxygen atoms in total. The topological polar surface area (TPSA) is 71.8 Å². The molecule has 0 saturated carbocycles. The molecule has 4 rings (SSSR count). The van der Waals surface area contributed by atoms with Gasteiger partial charge in [-0.3, -0.25) is 9.69 Å². The van der Waals surface area contributed by atoms with Crippen molar-refractivity contribution < 1.29 is 14.6 Å². The van der Waals surface area contributed by atoms with E-state index in [4.69, 9.17) is 4.74 Å². The SMILES string of the molecule is CCn1cc(C(=O)O)c(=O)c2cc(OCCN(Cc3ccccc3)Cc3ccccc3)ccc21.[NaH]. The molecule has 0 saturated heterocycles. The van der Waals surface area contributed by atoms with Crippen LogP contribution in [0.25, 0.3) is 10.9 Å². The number of nitrogens with zero attached hydrogens (tertiary/aromatic N) is 2. The number of carboxylic acids is 1. The summed E-state index contributed by atoms with van der Waals surface area (Å²) in [5.74, 6) is -0.674. The normalized spacial score (nSPS) is 10.8. The first-order chi connectivity index (χ1) is 16.5. The molecule has 0 atom stereocenters. The minimum absolute atomic E-state index is 0. The Kier molecular flexibility index (Phi) is 9.69. The van der Waals surface area contributed by atoms with Crippen molar-refractivity contribution in [1.29, 1.82) is 0 Å². The van der Waals surface area contributed by atoms with E-state index in [0.717, 1.165) is 13.1 Å². The van der Waals surface area contributed by atoms with E-state index in [1.54, 1.807) is 10.6 Å². The standard InChI is InChI=1S/C28H28N2O4.Na.H/c1-2-30-20-25(28(32)33)27(31)24-17-23(13-14-26(24)30)34-16-15-29(18-21-9-5-3-6-10-21)19-22-11-7-4-8-12-22;;/h3-14,17,20H,2,15-16,18-19H2,1H3,(H,32,33);;. The second-order valence-corrected chi connectivity index (χ2v) is 8.17. The maximum absolute atomic E-state index is 12.7. The third kappa shape index (κ3) is 6.83. The predicted octanol–water partition coefficient (Wildman–Crippen LogP) is 4.15. The molecular weight excluding hydrogens is 451 g/mol. The maximum atomic E-state index is 12.7. The summed E-state index contributed by atoms with van der Waals surface area (Å²) in [7, 11) is 0. The second-order valence-electron chi connectivity index (χ2n) is 8.17. The Bertz CT molecular complexity index is 1280. The molecule has 35 heavy (non-hydrogen) atoms. The zero-order valence-electron chi connectivity index (χ0n) is 19.2. The zero-order valence-corrected chi connectivity index (χ0v) is 19.2. The van der Waals surface area contributed by atoms with Gasteiger partial charge in [0, 0.05) is 32.4 Å². The molecule has 0 aliphatic carbocycles. The summed E-state index contributed by atoms with van der Waals surface area (Å²) in [4.78, 5) is 26.6. The Balaban J connectivity index is 0.00000342. The minimum atomic E-state index is -1.22. The molecule has 7 heteroatoms. The molecule has 0 aliphatic heterocycles. The van der Waals surface area contributed by atoms with Gasteiger partial charge in [0.1, 0.15) is 17.9 Å². The Labute approximate surface area is 227 Å². The van der Waals surface area contributed by atoms with E-state index in [2.05, 4.69) is 29.2 Å². The Morgan fingerprint density at radius 1 is 0.943 bits per heavy atom. The number of aromatic nitrogens is 1. The van der Waals surface area contributed by atoms with Gasteiger partial charge in [0.15, 0.2) is 0 Å². The summed E-state index contributed by atoms with van der Waals surface area (Å²) in [6, 6.07) is 25.9. The number of benzene rings is 3. The molecule has 3 aromatic carbocycles. The summed E-state index contributed by atoms with van der Waals surface area (Å²) < 4.78 is 7.78. The molecule has 1 aromatic heterocycles. The van der Waals surface area contributed by atoms with Crippen LogP contribution in [0.4, 0.5) is 0 Å². The van der Waals surface area contributed by atoms with E-state index >= 15 is 0 Å². The Morgan fingerprint density at radius 3 is 2.09 bits per heavy atom. The first-order valence-electron chi connectivity index (χ1n) is 11.4. The van der Waals surface area contributed by atoms with E-state index in [0.29, 0.717) is 36.3 Å². The van der Waals surface area contributed by atoms with Crippen LogP contribution < -0.4 is 10.2 Å². The van der Waals surface area contributed by atoms with Gasteiger partial charge in [-0.2, -0.15) is 0 Å². The van der Waals surface area contributed by atoms with Crippen LogP contribution in [0.1, 0.15) is 28.4 Å². The van der Waals surface area contributed by atoms with Crippen LogP contribution in [0.5, 0.6) is 5.75 Å². The average molecular weight is 481 g/mol. The fourth-order valence-corrected chi connectivity index (χ4v) is 4.07. The number of carbonyl (C=O) groups is 1. The summed E-state index contributed by atoms with van der Waals surface area (Å²) >= 11 is 0. The molecule has 4 aromatic rings. The summed E-state index contributed by atoms with van der Waals surface area (Å²) in [5, 5.41) is 9.76. The number of fused-ring (bicyclic) bond motifs is 1. The van der Waals surface area contributed by atoms with Gasteiger partial charge in [-0.05, 0) is 36.2 Å². The summed E-state index contributed by atoms with van der Waals surface area (Å²) in [6.45, 7) is 5.18. The Hall–Kier alpha value is -2.90. The van der Waals surface area contributed by atoms with Crippen LogP contribution >= 0.6 is 0 Å². The van der Waals surface area contributed by atoms with E-state index in [1.165, 1.54) is 17.3 Å². The van der Waals surface area contributed by atoms with Crippen molar-refractivity contribution in [2.24, 2.45) is 0 Å². The molecule has 1 heterocycles. The first kappa shape index (κ1) is 26.7. The molecule has 0 amide bonds. The monoisotopic (exact) mass is 480 g/mol. The van der Waals surface area contributed by atoms with Gasteiger partial charge in [0.2, 0.25) is 5.43 Å². The number of pyridine rings is 1. The zero-order chi connectivity index (χ0) is 23.9. The van der Waals surface area contributed by atoms with Crippen molar-refractivity contribution >= 4 is 46.4 Å². The molecule has 176 valence electrons. The third-order valence-electron chi connectivity index (χ3n) is 5.80. The van der Waals surface area contributed by atoms with E-state index in [1.807, 2.05) is 55.5 Å². The third-order valence-corrected chi connectivity index (χ3v) is 5.80. The average Bonchev–Trinajstić information content (AvgIpc) is 2.85. The number of hydrogen-bond acceptors (Lipinski definition) is 4. The number of rotatable bonds is 10. The van der Waals surface area contributed by atoms with Crippen molar-refractivity contribution in [3.63, 3.8) is 0 Å². The molecule has 0 unspecified atom stereocenters. The van der Waals surface area contributed by atoms with Gasteiger partial charge in [-0.1, -0.05) is 60.7 Å². The van der Waals surface area contributed by atoms with Crippen molar-refractivity contribution in [2.75, 3.05) is 13.2 Å². The molecule has 0 fully saturated rings. The van der Waals surface area contributed by atoms with Gasteiger partial charge >= 0.3 is 35.5 Å². The van der Waals surface area contributed by atoms with Crippen LogP contribution in [-0.4, -0.2) is 63.3 Å². The number of hydrogen-bond donors (Lipinski definition) is 1. The van der Waals surface area contributed by atoms with Crippen LogP contribution in [0.3, 0.4) is 0 Å². The van der Waals surface area contributed by atoms with Gasteiger partial charge in [0.25, 0.3) is 0 Å². The van der Waals surface area contributed by atoms with Gasteiger partial charge in [0.05, 0.1) is 10.9 Å². The Morgan fingerprint density at radius 2 is 1.54 bits per heavy atom. The van der Waals surface area contributed by atoms with Crippen molar-refractivity contribution in [3.05, 3.63) is 112 Å². The predicted molar refractivity (Wildman–Crippen MR) is 140 cm³/mol. The fraction of sp³-hybridized carbons (Fsp3) is 0.214. The quantitative estimate of drug-likeness (QED) is 0.345. The van der Waals surface area contributed by atoms with Gasteiger partial charge in [-0.25, -0.2) is 4.79 Å². The molecule has 0 spiro atoms. The first-order valence-corrected chi connectivity index (χ1v) is 11.4. The van der Waals surface area contributed by atoms with Crippen molar-refractivity contribution in [1.82, 2.24) is 9.47 Å². The second kappa shape index (κ2) is 12.7. The fourth-order valence-electron chi connectivity index (χ4n) is 4.07. The summed E-state index contributed by atoms with van der Waals surface area (Å²) in [5.41, 5.74) is 2.42. The van der Waals surface area contributed by atoms with Gasteiger partial charge in [-0.15, -0.1) is 0 Å². The van der Waals surface area contributed by atoms with Crippen LogP contribution in [0.2, 0.25) is 0 Å². The molecule has 0 radical (unpaired) electrons. The molecule has 0 aliphatic rings. The van der Waals surface area contributed by atoms with Crippen LogP contribution in [0.15, 0.2) is 89.9 Å². The number of carboxylic acid groups (broad SMARTS) is 1. The molecule has 0 bridgehead atoms. The van der Waals surface area contributed by atoms with Crippen molar-refractivity contribution in [2.45, 2.75) is 26.6 Å². The van der Waals surface area contributed by atoms with E-state index in [-0.39, 0.29) is 35.1 Å².